The van der Waals surface area contributed by atoms with Gasteiger partial charge in [-0.2, -0.15) is 0 Å². The Labute approximate surface area is 179 Å². The van der Waals surface area contributed by atoms with Crippen molar-refractivity contribution in [3.63, 3.8) is 0 Å². The second-order valence-corrected chi connectivity index (χ2v) is 9.01. The van der Waals surface area contributed by atoms with Crippen LogP contribution in [0.1, 0.15) is 12.8 Å². The van der Waals surface area contributed by atoms with Gasteiger partial charge in [-0.15, -0.1) is 0 Å². The fraction of sp³-hybridized carbons (Fsp3) is 0.700. The maximum atomic E-state index is 10.8. The molecule has 164 valence electrons. The van der Waals surface area contributed by atoms with Crippen LogP contribution in [0.2, 0.25) is 5.02 Å². The molecular weight excluding hydrogens is 392 g/mol. The lowest BCUT2D eigenvalue weighted by Crippen LogP contribution is -2.25. The molecule has 1 aromatic carbocycles. The topological polar surface area (TPSA) is 90.9 Å². The van der Waals surface area contributed by atoms with Gasteiger partial charge in [-0.1, -0.05) is 11.6 Å². The van der Waals surface area contributed by atoms with Crippen LogP contribution < -0.4 is 16.0 Å². The SMILES string of the molecule is CN(C)CC1CCN(c2cc(N)c([N+](=O)[O-])cc2Cl)C1.CN(C)CC1CCNC1. The molecule has 0 amide bonds. The van der Waals surface area contributed by atoms with Crippen LogP contribution in [0.15, 0.2) is 12.1 Å². The molecule has 2 heterocycles. The number of anilines is 2. The van der Waals surface area contributed by atoms with Crippen molar-refractivity contribution in [3.05, 3.63) is 27.3 Å². The maximum Gasteiger partial charge on any atom is 0.293 e. The zero-order valence-corrected chi connectivity index (χ0v) is 18.8. The molecule has 1 aromatic rings. The van der Waals surface area contributed by atoms with Gasteiger partial charge < -0.3 is 25.8 Å². The van der Waals surface area contributed by atoms with Crippen LogP contribution in [0.3, 0.4) is 0 Å². The monoisotopic (exact) mass is 426 g/mol. The Kier molecular flexibility index (Phi) is 8.95. The minimum Gasteiger partial charge on any atom is -0.393 e. The van der Waals surface area contributed by atoms with Gasteiger partial charge in [0, 0.05) is 32.2 Å². The zero-order chi connectivity index (χ0) is 21.6. The van der Waals surface area contributed by atoms with Crippen molar-refractivity contribution >= 4 is 28.7 Å². The first-order chi connectivity index (χ1) is 13.7. The lowest BCUT2D eigenvalue weighted by Gasteiger charge is -2.21. The Balaban J connectivity index is 0.000000278. The van der Waals surface area contributed by atoms with Crippen molar-refractivity contribution in [3.8, 4) is 0 Å². The largest absolute Gasteiger partial charge is 0.393 e. The number of nitro groups is 1. The van der Waals surface area contributed by atoms with E-state index in [0.29, 0.717) is 10.9 Å². The first-order valence-electron chi connectivity index (χ1n) is 10.2. The molecule has 0 aromatic heterocycles. The van der Waals surface area contributed by atoms with Crippen LogP contribution in [-0.2, 0) is 0 Å². The highest BCUT2D eigenvalue weighted by molar-refractivity contribution is 6.33. The molecular formula is C20H35ClN6O2. The van der Waals surface area contributed by atoms with Crippen LogP contribution in [0.25, 0.3) is 0 Å². The Morgan fingerprint density at radius 3 is 2.41 bits per heavy atom. The van der Waals surface area contributed by atoms with Gasteiger partial charge in [0.15, 0.2) is 0 Å². The van der Waals surface area contributed by atoms with Crippen molar-refractivity contribution in [2.75, 3.05) is 78.1 Å². The van der Waals surface area contributed by atoms with Gasteiger partial charge in [0.2, 0.25) is 0 Å². The Bertz CT molecular complexity index is 679. The minimum atomic E-state index is -0.510. The molecule has 2 fully saturated rings. The van der Waals surface area contributed by atoms with Crippen molar-refractivity contribution in [2.24, 2.45) is 11.8 Å². The van der Waals surface area contributed by atoms with Crippen LogP contribution in [0, 0.1) is 22.0 Å². The van der Waals surface area contributed by atoms with E-state index in [9.17, 15) is 10.1 Å². The summed E-state index contributed by atoms with van der Waals surface area (Å²) in [5, 5.41) is 14.6. The van der Waals surface area contributed by atoms with E-state index in [2.05, 4.69) is 48.2 Å². The quantitative estimate of drug-likeness (QED) is 0.410. The number of benzene rings is 1. The first-order valence-corrected chi connectivity index (χ1v) is 10.5. The molecule has 9 heteroatoms. The highest BCUT2D eigenvalue weighted by Gasteiger charge is 2.26. The standard InChI is InChI=1S/C13H19ClN4O2.C7H16N2/c1-16(2)7-9-3-4-17(8-9)12-6-11(15)13(18(19)20)5-10(12)14;1-9(2)6-7-3-4-8-5-7/h5-6,9H,3-4,7-8,15H2,1-2H3;7-8H,3-6H2,1-2H3. The molecule has 0 spiro atoms. The van der Waals surface area contributed by atoms with Gasteiger partial charge in [-0.25, -0.2) is 0 Å². The molecule has 2 atom stereocenters. The van der Waals surface area contributed by atoms with Crippen molar-refractivity contribution in [2.45, 2.75) is 12.8 Å². The molecule has 3 N–H and O–H groups in total. The van der Waals surface area contributed by atoms with E-state index in [1.165, 1.54) is 32.1 Å². The number of rotatable bonds is 6. The third kappa shape index (κ3) is 7.29. The minimum absolute atomic E-state index is 0.136. The van der Waals surface area contributed by atoms with E-state index in [4.69, 9.17) is 17.3 Å². The normalized spacial score (nSPS) is 21.6. The second kappa shape index (κ2) is 11.0. The molecule has 2 unspecified atom stereocenters. The molecule has 2 aliphatic rings. The van der Waals surface area contributed by atoms with E-state index >= 15 is 0 Å². The van der Waals surface area contributed by atoms with Crippen molar-refractivity contribution in [1.82, 2.24) is 15.1 Å². The molecule has 2 saturated heterocycles. The molecule has 2 aliphatic heterocycles. The summed E-state index contributed by atoms with van der Waals surface area (Å²) in [6, 6.07) is 2.95. The van der Waals surface area contributed by atoms with E-state index in [0.717, 1.165) is 37.7 Å². The number of nitrogen functional groups attached to an aromatic ring is 1. The lowest BCUT2D eigenvalue weighted by atomic mass is 10.1. The van der Waals surface area contributed by atoms with E-state index < -0.39 is 4.92 Å². The summed E-state index contributed by atoms with van der Waals surface area (Å²) < 4.78 is 0. The van der Waals surface area contributed by atoms with E-state index in [1.54, 1.807) is 6.07 Å². The number of nitro benzene ring substituents is 1. The van der Waals surface area contributed by atoms with Gasteiger partial charge in [0.25, 0.3) is 5.69 Å². The number of hydrogen-bond acceptors (Lipinski definition) is 7. The summed E-state index contributed by atoms with van der Waals surface area (Å²) >= 11 is 6.17. The maximum absolute atomic E-state index is 10.8. The number of nitrogens with one attached hydrogen (secondary N) is 1. The van der Waals surface area contributed by atoms with Crippen LogP contribution in [-0.4, -0.2) is 82.2 Å². The lowest BCUT2D eigenvalue weighted by molar-refractivity contribution is -0.383. The van der Waals surface area contributed by atoms with Gasteiger partial charge in [0.1, 0.15) is 5.69 Å². The summed E-state index contributed by atoms with van der Waals surface area (Å²) in [7, 11) is 8.38. The highest BCUT2D eigenvalue weighted by Crippen LogP contribution is 2.37. The summed E-state index contributed by atoms with van der Waals surface area (Å²) in [5.41, 5.74) is 6.55. The average molecular weight is 427 g/mol. The zero-order valence-electron chi connectivity index (χ0n) is 18.0. The van der Waals surface area contributed by atoms with Gasteiger partial charge >= 0.3 is 0 Å². The van der Waals surface area contributed by atoms with E-state index in [1.807, 2.05) is 0 Å². The number of hydrogen-bond donors (Lipinski definition) is 2. The molecule has 3 rings (SSSR count). The molecule has 29 heavy (non-hydrogen) atoms. The summed E-state index contributed by atoms with van der Waals surface area (Å²) in [6.45, 7) is 6.50. The van der Waals surface area contributed by atoms with Gasteiger partial charge in [-0.05, 0) is 72.0 Å². The molecule has 8 nitrogen and oxygen atoms in total. The van der Waals surface area contributed by atoms with Crippen LogP contribution >= 0.6 is 11.6 Å². The second-order valence-electron chi connectivity index (χ2n) is 8.60. The van der Waals surface area contributed by atoms with Crippen molar-refractivity contribution < 1.29 is 4.92 Å². The summed E-state index contributed by atoms with van der Waals surface area (Å²) in [6.07, 6.45) is 2.45. The fourth-order valence-electron chi connectivity index (χ4n) is 4.07. The van der Waals surface area contributed by atoms with Gasteiger partial charge in [0.05, 0.1) is 15.6 Å². The Morgan fingerprint density at radius 2 is 1.86 bits per heavy atom. The number of nitrogens with two attached hydrogens (primary N) is 1. The molecule has 0 aliphatic carbocycles. The Morgan fingerprint density at radius 1 is 1.21 bits per heavy atom. The predicted molar refractivity (Wildman–Crippen MR) is 121 cm³/mol. The molecule has 0 saturated carbocycles. The third-order valence-corrected chi connectivity index (χ3v) is 5.63. The summed E-state index contributed by atoms with van der Waals surface area (Å²) in [5.74, 6) is 1.48. The number of halogens is 1. The summed E-state index contributed by atoms with van der Waals surface area (Å²) in [4.78, 5) is 16.9. The molecule has 0 bridgehead atoms. The van der Waals surface area contributed by atoms with Crippen LogP contribution in [0.4, 0.5) is 17.1 Å². The first kappa shape index (κ1) is 23.7. The Hall–Kier alpha value is -1.61. The fourth-order valence-corrected chi connectivity index (χ4v) is 4.35. The average Bonchev–Trinajstić information content (AvgIpc) is 3.28. The van der Waals surface area contributed by atoms with Gasteiger partial charge in [-0.3, -0.25) is 10.1 Å². The third-order valence-electron chi connectivity index (χ3n) is 5.33. The van der Waals surface area contributed by atoms with Crippen LogP contribution in [0.5, 0.6) is 0 Å². The number of nitrogens with zero attached hydrogens (tertiary/aromatic N) is 4. The highest BCUT2D eigenvalue weighted by atomic mass is 35.5. The smallest absolute Gasteiger partial charge is 0.293 e. The molecule has 0 radical (unpaired) electrons. The van der Waals surface area contributed by atoms with Crippen molar-refractivity contribution in [1.29, 1.82) is 0 Å². The van der Waals surface area contributed by atoms with E-state index in [-0.39, 0.29) is 11.4 Å². The predicted octanol–water partition coefficient (Wildman–Crippen LogP) is 2.38.